The van der Waals surface area contributed by atoms with Crippen LogP contribution in [0.5, 0.6) is 11.5 Å². The molecule has 1 aliphatic heterocycles. The van der Waals surface area contributed by atoms with E-state index >= 15 is 0 Å². The van der Waals surface area contributed by atoms with Crippen LogP contribution in [0.4, 0.5) is 0 Å². The summed E-state index contributed by atoms with van der Waals surface area (Å²) >= 11 is 0. The number of nitrogens with one attached hydrogen (secondary N) is 1. The van der Waals surface area contributed by atoms with Crippen molar-refractivity contribution in [3.05, 3.63) is 18.2 Å². The highest BCUT2D eigenvalue weighted by molar-refractivity contribution is 7.89. The summed E-state index contributed by atoms with van der Waals surface area (Å²) in [7, 11) is -3.57. The Hall–Kier alpha value is -1.31. The fourth-order valence-electron chi connectivity index (χ4n) is 2.03. The van der Waals surface area contributed by atoms with Crippen molar-refractivity contribution in [3.8, 4) is 11.5 Å². The minimum atomic E-state index is -3.57. The van der Waals surface area contributed by atoms with E-state index in [1.54, 1.807) is 6.07 Å². The van der Waals surface area contributed by atoms with Gasteiger partial charge in [0.1, 0.15) is 13.2 Å². The minimum Gasteiger partial charge on any atom is -0.486 e. The van der Waals surface area contributed by atoms with Crippen LogP contribution in [0.25, 0.3) is 0 Å². The molecule has 0 unspecified atom stereocenters. The Bertz CT molecular complexity index is 596. The Balaban J connectivity index is 1.89. The number of fused-ring (bicyclic) bond motifs is 1. The van der Waals surface area contributed by atoms with E-state index in [9.17, 15) is 8.42 Å². The van der Waals surface area contributed by atoms with Gasteiger partial charge in [0, 0.05) is 18.2 Å². The van der Waals surface area contributed by atoms with Crippen LogP contribution in [0.15, 0.2) is 23.1 Å². The van der Waals surface area contributed by atoms with Crippen LogP contribution >= 0.6 is 0 Å². The average molecular weight is 284 g/mol. The Labute approximate surface area is 111 Å². The van der Waals surface area contributed by atoms with E-state index in [0.717, 1.165) is 12.8 Å². The van der Waals surface area contributed by atoms with Crippen molar-refractivity contribution >= 4 is 10.0 Å². The van der Waals surface area contributed by atoms with Gasteiger partial charge in [0.25, 0.3) is 0 Å². The molecule has 1 aliphatic carbocycles. The van der Waals surface area contributed by atoms with Crippen LogP contribution in [0.3, 0.4) is 0 Å². The molecule has 0 spiro atoms. The van der Waals surface area contributed by atoms with Crippen molar-refractivity contribution in [2.45, 2.75) is 23.3 Å². The van der Waals surface area contributed by atoms with Gasteiger partial charge in [0.15, 0.2) is 11.5 Å². The summed E-state index contributed by atoms with van der Waals surface area (Å²) in [4.78, 5) is 0.177. The maximum Gasteiger partial charge on any atom is 0.241 e. The highest BCUT2D eigenvalue weighted by Gasteiger charge is 2.44. The summed E-state index contributed by atoms with van der Waals surface area (Å²) in [6, 6.07) is 4.62. The minimum absolute atomic E-state index is 0.177. The highest BCUT2D eigenvalue weighted by atomic mass is 32.2. The van der Waals surface area contributed by atoms with Gasteiger partial charge in [-0.3, -0.25) is 0 Å². The SMILES string of the molecule is NCC1(NS(=O)(=O)c2ccc3c(c2)OCCO3)CC1. The molecule has 0 saturated heterocycles. The fourth-order valence-corrected chi connectivity index (χ4v) is 3.52. The first kappa shape index (κ1) is 12.7. The van der Waals surface area contributed by atoms with Gasteiger partial charge in [-0.25, -0.2) is 13.1 Å². The molecule has 0 amide bonds. The van der Waals surface area contributed by atoms with Crippen molar-refractivity contribution < 1.29 is 17.9 Å². The van der Waals surface area contributed by atoms with Crippen LogP contribution in [0, 0.1) is 0 Å². The molecule has 1 aromatic rings. The van der Waals surface area contributed by atoms with Crippen LogP contribution in [-0.2, 0) is 10.0 Å². The van der Waals surface area contributed by atoms with Crippen LogP contribution in [0.2, 0.25) is 0 Å². The zero-order chi connectivity index (χ0) is 13.5. The van der Waals surface area contributed by atoms with E-state index < -0.39 is 15.6 Å². The molecular formula is C12H16N2O4S. The molecule has 2 aliphatic rings. The monoisotopic (exact) mass is 284 g/mol. The van der Waals surface area contributed by atoms with Gasteiger partial charge < -0.3 is 15.2 Å². The summed E-state index contributed by atoms with van der Waals surface area (Å²) in [6.45, 7) is 1.22. The van der Waals surface area contributed by atoms with Crippen molar-refractivity contribution in [1.82, 2.24) is 4.72 Å². The van der Waals surface area contributed by atoms with Crippen LogP contribution in [0.1, 0.15) is 12.8 Å². The standard InChI is InChI=1S/C12H16N2O4S/c13-8-12(3-4-12)14-19(15,16)9-1-2-10-11(7-9)18-6-5-17-10/h1-2,7,14H,3-6,8,13H2. The molecule has 1 fully saturated rings. The molecule has 7 heteroatoms. The molecular weight excluding hydrogens is 268 g/mol. The van der Waals surface area contributed by atoms with Gasteiger partial charge in [-0.05, 0) is 25.0 Å². The first-order chi connectivity index (χ1) is 9.05. The number of sulfonamides is 1. The van der Waals surface area contributed by atoms with Crippen molar-refractivity contribution in [2.24, 2.45) is 5.73 Å². The summed E-state index contributed by atoms with van der Waals surface area (Å²) in [5.41, 5.74) is 5.14. The first-order valence-corrected chi connectivity index (χ1v) is 7.67. The van der Waals surface area contributed by atoms with E-state index in [-0.39, 0.29) is 4.90 Å². The molecule has 3 N–H and O–H groups in total. The maximum atomic E-state index is 12.3. The lowest BCUT2D eigenvalue weighted by Crippen LogP contribution is -2.42. The molecule has 1 saturated carbocycles. The van der Waals surface area contributed by atoms with Crippen molar-refractivity contribution in [1.29, 1.82) is 0 Å². The van der Waals surface area contributed by atoms with Gasteiger partial charge in [0.2, 0.25) is 10.0 Å². The lowest BCUT2D eigenvalue weighted by molar-refractivity contribution is 0.171. The second kappa shape index (κ2) is 4.36. The zero-order valence-electron chi connectivity index (χ0n) is 10.4. The molecule has 6 nitrogen and oxygen atoms in total. The Kier molecular flexibility index (Phi) is 2.92. The van der Waals surface area contributed by atoms with Crippen molar-refractivity contribution in [3.63, 3.8) is 0 Å². The normalized spacial score (nSPS) is 20.1. The second-order valence-electron chi connectivity index (χ2n) is 4.90. The quantitative estimate of drug-likeness (QED) is 0.826. The molecule has 3 rings (SSSR count). The first-order valence-electron chi connectivity index (χ1n) is 6.18. The molecule has 0 bridgehead atoms. The smallest absolute Gasteiger partial charge is 0.241 e. The summed E-state index contributed by atoms with van der Waals surface area (Å²) in [5.74, 6) is 1.04. The predicted octanol–water partition coefficient (Wildman–Crippen LogP) is 0.227. The Morgan fingerprint density at radius 2 is 1.89 bits per heavy atom. The van der Waals surface area contributed by atoms with Gasteiger partial charge in [-0.15, -0.1) is 0 Å². The lowest BCUT2D eigenvalue weighted by atomic mass is 10.3. The molecule has 0 radical (unpaired) electrons. The third-order valence-electron chi connectivity index (χ3n) is 3.42. The van der Waals surface area contributed by atoms with Gasteiger partial charge >= 0.3 is 0 Å². The Morgan fingerprint density at radius 1 is 1.21 bits per heavy atom. The summed E-state index contributed by atoms with van der Waals surface area (Å²) in [5, 5.41) is 0. The number of hydrogen-bond donors (Lipinski definition) is 2. The fraction of sp³-hybridized carbons (Fsp3) is 0.500. The van der Waals surface area contributed by atoms with Gasteiger partial charge in [-0.1, -0.05) is 0 Å². The molecule has 1 heterocycles. The van der Waals surface area contributed by atoms with E-state index in [2.05, 4.69) is 4.72 Å². The summed E-state index contributed by atoms with van der Waals surface area (Å²) < 4.78 is 38.0. The number of benzene rings is 1. The van der Waals surface area contributed by atoms with Crippen LogP contribution in [-0.4, -0.2) is 33.7 Å². The van der Waals surface area contributed by atoms with E-state index in [0.29, 0.717) is 31.3 Å². The third-order valence-corrected chi connectivity index (χ3v) is 5.00. The largest absolute Gasteiger partial charge is 0.486 e. The van der Waals surface area contributed by atoms with E-state index in [1.165, 1.54) is 12.1 Å². The number of hydrogen-bond acceptors (Lipinski definition) is 5. The molecule has 0 atom stereocenters. The number of ether oxygens (including phenoxy) is 2. The van der Waals surface area contributed by atoms with Gasteiger partial charge in [-0.2, -0.15) is 0 Å². The van der Waals surface area contributed by atoms with E-state index in [4.69, 9.17) is 15.2 Å². The second-order valence-corrected chi connectivity index (χ2v) is 6.58. The highest BCUT2D eigenvalue weighted by Crippen LogP contribution is 2.37. The zero-order valence-corrected chi connectivity index (χ0v) is 11.2. The Morgan fingerprint density at radius 3 is 2.53 bits per heavy atom. The predicted molar refractivity (Wildman–Crippen MR) is 68.8 cm³/mol. The average Bonchev–Trinajstić information content (AvgIpc) is 3.18. The molecule has 0 aromatic heterocycles. The number of rotatable bonds is 4. The van der Waals surface area contributed by atoms with Gasteiger partial charge in [0.05, 0.1) is 4.90 Å². The van der Waals surface area contributed by atoms with Crippen LogP contribution < -0.4 is 19.9 Å². The molecule has 19 heavy (non-hydrogen) atoms. The summed E-state index contributed by atoms with van der Waals surface area (Å²) in [6.07, 6.45) is 1.57. The van der Waals surface area contributed by atoms with E-state index in [1.807, 2.05) is 0 Å². The lowest BCUT2D eigenvalue weighted by Gasteiger charge is -2.20. The molecule has 1 aromatic carbocycles. The molecule has 104 valence electrons. The maximum absolute atomic E-state index is 12.3. The third kappa shape index (κ3) is 2.41. The number of nitrogens with two attached hydrogens (primary N) is 1. The topological polar surface area (TPSA) is 90.7 Å². The van der Waals surface area contributed by atoms with Crippen molar-refractivity contribution in [2.75, 3.05) is 19.8 Å².